The molecule has 0 aliphatic carbocycles. The number of carboxylic acids is 1. The number of aromatic carboxylic acids is 1. The maximum atomic E-state index is 11.2. The molecule has 0 spiro atoms. The lowest BCUT2D eigenvalue weighted by Crippen LogP contribution is -1.94. The molecule has 0 unspecified atom stereocenters. The third-order valence-electron chi connectivity index (χ3n) is 3.07. The number of benzene rings is 1. The van der Waals surface area contributed by atoms with Crippen molar-refractivity contribution in [2.75, 3.05) is 0 Å². The molecule has 2 heterocycles. The van der Waals surface area contributed by atoms with Gasteiger partial charge in [0.05, 0.1) is 16.3 Å². The van der Waals surface area contributed by atoms with Crippen LogP contribution in [0.5, 0.6) is 0 Å². The summed E-state index contributed by atoms with van der Waals surface area (Å²) in [4.78, 5) is 21.3. The van der Waals surface area contributed by atoms with Crippen molar-refractivity contribution in [1.29, 1.82) is 0 Å². The molecule has 22 heavy (non-hydrogen) atoms. The molecule has 4 nitrogen and oxygen atoms in total. The average Bonchev–Trinajstić information content (AvgIpc) is 3.03. The lowest BCUT2D eigenvalue weighted by molar-refractivity contribution is 0.0701. The molecule has 1 N–H and O–H groups in total. The van der Waals surface area contributed by atoms with Crippen molar-refractivity contribution in [1.82, 2.24) is 9.97 Å². The minimum atomic E-state index is -0.943. The number of carboxylic acid groups (broad SMARTS) is 1. The van der Waals surface area contributed by atoms with Crippen LogP contribution in [0, 0.1) is 13.8 Å². The van der Waals surface area contributed by atoms with Crippen molar-refractivity contribution >= 4 is 40.2 Å². The van der Waals surface area contributed by atoms with E-state index in [0.29, 0.717) is 15.7 Å². The van der Waals surface area contributed by atoms with Crippen LogP contribution in [0.15, 0.2) is 24.3 Å². The van der Waals surface area contributed by atoms with Gasteiger partial charge >= 0.3 is 5.97 Å². The van der Waals surface area contributed by atoms with Gasteiger partial charge < -0.3 is 5.11 Å². The fraction of sp³-hybridized carbons (Fsp3) is 0.133. The lowest BCUT2D eigenvalue weighted by atomic mass is 10.2. The molecule has 3 rings (SSSR count). The van der Waals surface area contributed by atoms with E-state index < -0.39 is 5.97 Å². The molecule has 0 aliphatic heterocycles. The molecule has 0 fully saturated rings. The Balaban J connectivity index is 2.04. The first-order valence-corrected chi connectivity index (χ1v) is 8.41. The molecular weight excluding hydrogens is 340 g/mol. The van der Waals surface area contributed by atoms with Crippen LogP contribution in [0.2, 0.25) is 5.02 Å². The maximum absolute atomic E-state index is 11.2. The van der Waals surface area contributed by atoms with Crippen LogP contribution in [0.4, 0.5) is 0 Å². The Bertz CT molecular complexity index is 853. The predicted octanol–water partition coefficient (Wildman–Crippen LogP) is 4.90. The summed E-state index contributed by atoms with van der Waals surface area (Å²) in [6.45, 7) is 3.61. The smallest absolute Gasteiger partial charge is 0.347 e. The first-order valence-electron chi connectivity index (χ1n) is 6.40. The van der Waals surface area contributed by atoms with E-state index in [4.69, 9.17) is 16.7 Å². The Morgan fingerprint density at radius 1 is 1.05 bits per heavy atom. The number of rotatable bonds is 3. The summed E-state index contributed by atoms with van der Waals surface area (Å²) in [7, 11) is 0. The second-order valence-corrected chi connectivity index (χ2v) is 7.11. The van der Waals surface area contributed by atoms with Gasteiger partial charge in [0.25, 0.3) is 0 Å². The number of aryl methyl sites for hydroxylation is 2. The zero-order valence-electron chi connectivity index (χ0n) is 11.8. The topological polar surface area (TPSA) is 63.1 Å². The molecule has 0 bridgehead atoms. The minimum Gasteiger partial charge on any atom is -0.477 e. The van der Waals surface area contributed by atoms with Gasteiger partial charge in [0, 0.05) is 10.6 Å². The molecule has 1 aromatic carbocycles. The largest absolute Gasteiger partial charge is 0.477 e. The monoisotopic (exact) mass is 350 g/mol. The zero-order chi connectivity index (χ0) is 15.9. The van der Waals surface area contributed by atoms with Crippen LogP contribution in [0.3, 0.4) is 0 Å². The highest BCUT2D eigenvalue weighted by molar-refractivity contribution is 7.24. The molecular formula is C15H11ClN2O2S2. The first kappa shape index (κ1) is 15.1. The summed E-state index contributed by atoms with van der Waals surface area (Å²) in [6, 6.07) is 7.48. The van der Waals surface area contributed by atoms with Crippen LogP contribution in [-0.2, 0) is 0 Å². The van der Waals surface area contributed by atoms with Crippen LogP contribution in [0.25, 0.3) is 20.5 Å². The van der Waals surface area contributed by atoms with E-state index in [1.165, 1.54) is 22.7 Å². The highest BCUT2D eigenvalue weighted by Gasteiger charge is 2.19. The third-order valence-corrected chi connectivity index (χ3v) is 5.83. The Kier molecular flexibility index (Phi) is 3.99. The molecule has 0 saturated carbocycles. The van der Waals surface area contributed by atoms with Crippen molar-refractivity contribution in [3.63, 3.8) is 0 Å². The van der Waals surface area contributed by atoms with Crippen molar-refractivity contribution in [3.8, 4) is 20.5 Å². The average molecular weight is 351 g/mol. The van der Waals surface area contributed by atoms with Crippen LogP contribution in [-0.4, -0.2) is 21.0 Å². The van der Waals surface area contributed by atoms with E-state index in [0.717, 1.165) is 21.1 Å². The number of hydrogen-bond donors (Lipinski definition) is 1. The summed E-state index contributed by atoms with van der Waals surface area (Å²) in [5, 5.41) is 11.4. The molecule has 2 aromatic heterocycles. The SMILES string of the molecule is Cc1nc(-c2sc(-c3ccc(Cl)cc3)nc2C)sc1C(=O)O. The van der Waals surface area contributed by atoms with Crippen molar-refractivity contribution < 1.29 is 9.90 Å². The number of nitrogens with zero attached hydrogens (tertiary/aromatic N) is 2. The van der Waals surface area contributed by atoms with Gasteiger partial charge in [-0.3, -0.25) is 0 Å². The molecule has 7 heteroatoms. The summed E-state index contributed by atoms with van der Waals surface area (Å²) in [5.74, 6) is -0.943. The summed E-state index contributed by atoms with van der Waals surface area (Å²) in [6.07, 6.45) is 0. The van der Waals surface area contributed by atoms with Crippen LogP contribution < -0.4 is 0 Å². The Labute approximate surface area is 140 Å². The number of carbonyl (C=O) groups is 1. The fourth-order valence-corrected chi connectivity index (χ4v) is 4.23. The number of halogens is 1. The zero-order valence-corrected chi connectivity index (χ0v) is 14.1. The number of thiazole rings is 2. The van der Waals surface area contributed by atoms with Gasteiger partial charge in [0.15, 0.2) is 0 Å². The van der Waals surface area contributed by atoms with E-state index in [1.807, 2.05) is 31.2 Å². The number of aromatic nitrogens is 2. The molecule has 3 aromatic rings. The fourth-order valence-electron chi connectivity index (χ4n) is 2.00. The van der Waals surface area contributed by atoms with Gasteiger partial charge in [0.2, 0.25) is 0 Å². The predicted molar refractivity (Wildman–Crippen MR) is 90.1 cm³/mol. The highest BCUT2D eigenvalue weighted by atomic mass is 35.5. The molecule has 0 radical (unpaired) electrons. The maximum Gasteiger partial charge on any atom is 0.347 e. The quantitative estimate of drug-likeness (QED) is 0.729. The molecule has 0 aliphatic rings. The summed E-state index contributed by atoms with van der Waals surface area (Å²) >= 11 is 8.59. The first-order chi connectivity index (χ1) is 10.5. The van der Waals surface area contributed by atoms with E-state index in [1.54, 1.807) is 6.92 Å². The van der Waals surface area contributed by atoms with Crippen molar-refractivity contribution in [2.24, 2.45) is 0 Å². The van der Waals surface area contributed by atoms with Gasteiger partial charge in [0.1, 0.15) is 14.9 Å². The second kappa shape index (κ2) is 5.79. The van der Waals surface area contributed by atoms with Gasteiger partial charge in [-0.05, 0) is 26.0 Å². The summed E-state index contributed by atoms with van der Waals surface area (Å²) in [5.41, 5.74) is 2.37. The Morgan fingerprint density at radius 2 is 1.68 bits per heavy atom. The highest BCUT2D eigenvalue weighted by Crippen LogP contribution is 2.38. The van der Waals surface area contributed by atoms with Gasteiger partial charge in [-0.15, -0.1) is 22.7 Å². The van der Waals surface area contributed by atoms with E-state index in [2.05, 4.69) is 9.97 Å². The van der Waals surface area contributed by atoms with E-state index >= 15 is 0 Å². The minimum absolute atomic E-state index is 0.274. The van der Waals surface area contributed by atoms with Crippen molar-refractivity contribution in [3.05, 3.63) is 45.6 Å². The molecule has 0 amide bonds. The molecule has 112 valence electrons. The van der Waals surface area contributed by atoms with Crippen molar-refractivity contribution in [2.45, 2.75) is 13.8 Å². The van der Waals surface area contributed by atoms with Gasteiger partial charge in [-0.2, -0.15) is 0 Å². The lowest BCUT2D eigenvalue weighted by Gasteiger charge is -1.95. The summed E-state index contributed by atoms with van der Waals surface area (Å²) < 4.78 is 0. The van der Waals surface area contributed by atoms with Crippen LogP contribution in [0.1, 0.15) is 21.1 Å². The third kappa shape index (κ3) is 2.77. The van der Waals surface area contributed by atoms with Gasteiger partial charge in [-0.1, -0.05) is 23.7 Å². The standard InChI is InChI=1S/C15H11ClN2O2S2/c1-7-11(14-18-8(2)12(22-14)15(19)20)21-13(17-7)9-3-5-10(16)6-4-9/h3-6H,1-2H3,(H,19,20). The Morgan fingerprint density at radius 3 is 2.27 bits per heavy atom. The molecule has 0 atom stereocenters. The van der Waals surface area contributed by atoms with Crippen LogP contribution >= 0.6 is 34.3 Å². The molecule has 0 saturated heterocycles. The van der Waals surface area contributed by atoms with Gasteiger partial charge in [-0.25, -0.2) is 14.8 Å². The normalized spacial score (nSPS) is 10.9. The van der Waals surface area contributed by atoms with E-state index in [9.17, 15) is 4.79 Å². The van der Waals surface area contributed by atoms with E-state index in [-0.39, 0.29) is 4.88 Å². The Hall–Kier alpha value is -1.76. The number of hydrogen-bond acceptors (Lipinski definition) is 5. The second-order valence-electron chi connectivity index (χ2n) is 4.68.